The van der Waals surface area contributed by atoms with Crippen LogP contribution < -0.4 is 0 Å². The summed E-state index contributed by atoms with van der Waals surface area (Å²) in [5, 5.41) is 0. The van der Waals surface area contributed by atoms with Crippen molar-refractivity contribution < 1.29 is 9.53 Å². The second kappa shape index (κ2) is 14.1. The van der Waals surface area contributed by atoms with Gasteiger partial charge in [0.25, 0.3) is 0 Å². The summed E-state index contributed by atoms with van der Waals surface area (Å²) in [6.07, 6.45) is 16.8. The first kappa shape index (κ1) is 21.5. The molecule has 132 valence electrons. The van der Waals surface area contributed by atoms with Crippen LogP contribution in [0.2, 0.25) is 0 Å². The van der Waals surface area contributed by atoms with Crippen LogP contribution in [0.15, 0.2) is 0 Å². The van der Waals surface area contributed by atoms with Gasteiger partial charge in [-0.25, -0.2) is 0 Å². The molecule has 22 heavy (non-hydrogen) atoms. The number of unbranched alkanes of at least 4 members (excludes halogenated alkanes) is 10. The van der Waals surface area contributed by atoms with Crippen LogP contribution in [-0.4, -0.2) is 11.6 Å². The largest absolute Gasteiger partial charge is 0.459 e. The molecule has 0 aliphatic heterocycles. The molecular weight excluding hydrogens is 272 g/mol. The molecule has 2 nitrogen and oxygen atoms in total. The van der Waals surface area contributed by atoms with Crippen molar-refractivity contribution in [1.29, 1.82) is 0 Å². The fourth-order valence-corrected chi connectivity index (χ4v) is 2.65. The molecule has 0 heterocycles. The first-order valence-corrected chi connectivity index (χ1v) is 9.79. The summed E-state index contributed by atoms with van der Waals surface area (Å²) in [6.45, 7) is 8.46. The van der Waals surface area contributed by atoms with Crippen LogP contribution in [0.3, 0.4) is 0 Å². The second-order valence-electron chi connectivity index (χ2n) is 6.92. The molecule has 0 amide bonds. The number of esters is 1. The Morgan fingerprint density at radius 1 is 0.727 bits per heavy atom. The molecule has 0 bridgehead atoms. The van der Waals surface area contributed by atoms with E-state index in [0.717, 1.165) is 19.3 Å². The van der Waals surface area contributed by atoms with Crippen molar-refractivity contribution in [2.24, 2.45) is 0 Å². The van der Waals surface area contributed by atoms with Gasteiger partial charge in [-0.3, -0.25) is 4.79 Å². The molecule has 0 aliphatic carbocycles. The number of ether oxygens (including phenoxy) is 1. The highest BCUT2D eigenvalue weighted by Gasteiger charge is 2.23. The van der Waals surface area contributed by atoms with Gasteiger partial charge in [0.1, 0.15) is 5.60 Å². The van der Waals surface area contributed by atoms with Gasteiger partial charge in [-0.2, -0.15) is 0 Å². The number of carbonyl (C=O) groups excluding carboxylic acids is 1. The standard InChI is InChI=1S/C20H40O2/c1-5-8-9-10-11-12-13-14-15-16-17-18-19(21)22-20(4,6-2)7-3/h5-18H2,1-4H3. The van der Waals surface area contributed by atoms with Gasteiger partial charge in [-0.05, 0) is 26.2 Å². The zero-order valence-electron chi connectivity index (χ0n) is 15.7. The average Bonchev–Trinajstić information content (AvgIpc) is 2.52. The van der Waals surface area contributed by atoms with Crippen molar-refractivity contribution in [3.05, 3.63) is 0 Å². The van der Waals surface area contributed by atoms with Crippen molar-refractivity contribution in [2.45, 2.75) is 123 Å². The number of carbonyl (C=O) groups is 1. The lowest BCUT2D eigenvalue weighted by atomic mass is 10.00. The maximum atomic E-state index is 11.8. The molecule has 0 aromatic heterocycles. The van der Waals surface area contributed by atoms with Crippen LogP contribution in [0.1, 0.15) is 118 Å². The Balaban J connectivity index is 3.37. The van der Waals surface area contributed by atoms with Gasteiger partial charge < -0.3 is 4.74 Å². The molecule has 0 rings (SSSR count). The predicted octanol–water partition coefficient (Wildman–Crippen LogP) is 6.81. The van der Waals surface area contributed by atoms with E-state index in [4.69, 9.17) is 4.74 Å². The molecule has 0 unspecified atom stereocenters. The molecule has 0 saturated heterocycles. The van der Waals surface area contributed by atoms with E-state index in [9.17, 15) is 4.79 Å². The number of hydrogen-bond donors (Lipinski definition) is 0. The zero-order chi connectivity index (χ0) is 16.7. The summed E-state index contributed by atoms with van der Waals surface area (Å²) < 4.78 is 5.59. The summed E-state index contributed by atoms with van der Waals surface area (Å²) in [7, 11) is 0. The zero-order valence-corrected chi connectivity index (χ0v) is 15.7. The third kappa shape index (κ3) is 12.1. The van der Waals surface area contributed by atoms with E-state index in [1.807, 2.05) is 6.92 Å². The third-order valence-electron chi connectivity index (χ3n) is 4.84. The minimum atomic E-state index is -0.255. The highest BCUT2D eigenvalue weighted by Crippen LogP contribution is 2.20. The number of rotatable bonds is 15. The summed E-state index contributed by atoms with van der Waals surface area (Å²) in [4.78, 5) is 11.8. The molecule has 0 radical (unpaired) electrons. The highest BCUT2D eigenvalue weighted by molar-refractivity contribution is 5.69. The molecule has 0 spiro atoms. The first-order chi connectivity index (χ1) is 10.6. The van der Waals surface area contributed by atoms with Crippen molar-refractivity contribution in [3.63, 3.8) is 0 Å². The highest BCUT2D eigenvalue weighted by atomic mass is 16.6. The maximum absolute atomic E-state index is 11.8. The molecule has 0 atom stereocenters. The van der Waals surface area contributed by atoms with Crippen molar-refractivity contribution in [3.8, 4) is 0 Å². The van der Waals surface area contributed by atoms with Crippen molar-refractivity contribution >= 4 is 5.97 Å². The van der Waals surface area contributed by atoms with E-state index in [-0.39, 0.29) is 11.6 Å². The Labute approximate surface area is 139 Å². The van der Waals surface area contributed by atoms with Crippen molar-refractivity contribution in [1.82, 2.24) is 0 Å². The van der Waals surface area contributed by atoms with Gasteiger partial charge in [-0.15, -0.1) is 0 Å². The third-order valence-corrected chi connectivity index (χ3v) is 4.84. The van der Waals surface area contributed by atoms with E-state index < -0.39 is 0 Å². The van der Waals surface area contributed by atoms with Crippen LogP contribution in [0.5, 0.6) is 0 Å². The summed E-state index contributed by atoms with van der Waals surface area (Å²) >= 11 is 0. The molecule has 0 aliphatic rings. The molecule has 0 aromatic rings. The fourth-order valence-electron chi connectivity index (χ4n) is 2.65. The summed E-state index contributed by atoms with van der Waals surface area (Å²) in [5.41, 5.74) is -0.255. The Morgan fingerprint density at radius 2 is 1.14 bits per heavy atom. The SMILES string of the molecule is CCCCCCCCCCCCCC(=O)OC(C)(CC)CC. The van der Waals surface area contributed by atoms with E-state index in [1.54, 1.807) is 0 Å². The fraction of sp³-hybridized carbons (Fsp3) is 0.950. The molecule has 0 saturated carbocycles. The minimum Gasteiger partial charge on any atom is -0.459 e. The van der Waals surface area contributed by atoms with Crippen LogP contribution in [-0.2, 0) is 9.53 Å². The Kier molecular flexibility index (Phi) is 13.7. The molecule has 2 heteroatoms. The van der Waals surface area contributed by atoms with Crippen LogP contribution in [0, 0.1) is 0 Å². The topological polar surface area (TPSA) is 26.3 Å². The van der Waals surface area contributed by atoms with Crippen LogP contribution in [0.25, 0.3) is 0 Å². The molecule has 0 N–H and O–H groups in total. The van der Waals surface area contributed by atoms with E-state index >= 15 is 0 Å². The predicted molar refractivity (Wildman–Crippen MR) is 96.2 cm³/mol. The van der Waals surface area contributed by atoms with Gasteiger partial charge in [0, 0.05) is 6.42 Å². The summed E-state index contributed by atoms with van der Waals surface area (Å²) in [6, 6.07) is 0. The average molecular weight is 313 g/mol. The lowest BCUT2D eigenvalue weighted by molar-refractivity contribution is -0.158. The Hall–Kier alpha value is -0.530. The van der Waals surface area contributed by atoms with Crippen molar-refractivity contribution in [2.75, 3.05) is 0 Å². The Morgan fingerprint density at radius 3 is 1.55 bits per heavy atom. The van der Waals surface area contributed by atoms with E-state index in [2.05, 4.69) is 20.8 Å². The van der Waals surface area contributed by atoms with Gasteiger partial charge >= 0.3 is 5.97 Å². The smallest absolute Gasteiger partial charge is 0.306 e. The van der Waals surface area contributed by atoms with Crippen LogP contribution in [0.4, 0.5) is 0 Å². The summed E-state index contributed by atoms with van der Waals surface area (Å²) in [5.74, 6) is -0.0119. The van der Waals surface area contributed by atoms with Gasteiger partial charge in [0.15, 0.2) is 0 Å². The lowest BCUT2D eigenvalue weighted by Gasteiger charge is -2.26. The van der Waals surface area contributed by atoms with Gasteiger partial charge in [0.05, 0.1) is 0 Å². The van der Waals surface area contributed by atoms with Gasteiger partial charge in [-0.1, -0.05) is 85.0 Å². The minimum absolute atomic E-state index is 0.0119. The van der Waals surface area contributed by atoms with E-state index in [1.165, 1.54) is 64.2 Å². The second-order valence-corrected chi connectivity index (χ2v) is 6.92. The monoisotopic (exact) mass is 312 g/mol. The lowest BCUT2D eigenvalue weighted by Crippen LogP contribution is -2.29. The quantitative estimate of drug-likeness (QED) is 0.245. The normalized spacial score (nSPS) is 11.6. The number of hydrogen-bond acceptors (Lipinski definition) is 2. The Bertz CT molecular complexity index is 256. The van der Waals surface area contributed by atoms with Gasteiger partial charge in [0.2, 0.25) is 0 Å². The molecule has 0 fully saturated rings. The maximum Gasteiger partial charge on any atom is 0.306 e. The molecular formula is C20H40O2. The van der Waals surface area contributed by atoms with E-state index in [0.29, 0.717) is 6.42 Å². The van der Waals surface area contributed by atoms with Crippen LogP contribution >= 0.6 is 0 Å². The first-order valence-electron chi connectivity index (χ1n) is 9.79. The molecule has 0 aromatic carbocycles.